The number of hydrogen-bond donors (Lipinski definition) is 3. The zero-order valence-electron chi connectivity index (χ0n) is 38.0. The van der Waals surface area contributed by atoms with E-state index >= 15 is 0 Å². The van der Waals surface area contributed by atoms with Crippen LogP contribution in [0, 0.1) is 27.6 Å². The Hall–Kier alpha value is -5.45. The molecular formula is C51H58Cl2N4O8. The van der Waals surface area contributed by atoms with E-state index < -0.39 is 46.2 Å². The quantitative estimate of drug-likeness (QED) is 0.0885. The summed E-state index contributed by atoms with van der Waals surface area (Å²) in [6.45, 7) is 13.7. The lowest BCUT2D eigenvalue weighted by Crippen LogP contribution is -2.74. The Morgan fingerprint density at radius 2 is 1.49 bits per heavy atom. The van der Waals surface area contributed by atoms with Gasteiger partial charge in [0.15, 0.2) is 5.78 Å². The van der Waals surface area contributed by atoms with Gasteiger partial charge < -0.3 is 34.9 Å². The van der Waals surface area contributed by atoms with E-state index in [0.717, 1.165) is 16.7 Å². The zero-order chi connectivity index (χ0) is 47.3. The summed E-state index contributed by atoms with van der Waals surface area (Å²) in [4.78, 5) is 55.1. The van der Waals surface area contributed by atoms with Crippen LogP contribution in [0.2, 0.25) is 10.0 Å². The van der Waals surface area contributed by atoms with Crippen molar-refractivity contribution in [2.75, 3.05) is 26.4 Å². The molecular weight excluding hydrogens is 867 g/mol. The van der Waals surface area contributed by atoms with Gasteiger partial charge >= 0.3 is 0 Å². The third kappa shape index (κ3) is 11.7. The molecule has 1 heterocycles. The number of halogens is 2. The minimum atomic E-state index is -0.955. The topological polar surface area (TPSA) is 167 Å². The molecule has 1 saturated carbocycles. The first-order valence-corrected chi connectivity index (χ1v) is 22.6. The van der Waals surface area contributed by atoms with Gasteiger partial charge in [0, 0.05) is 52.9 Å². The number of aliphatic hydroxyl groups excluding tert-OH is 1. The summed E-state index contributed by atoms with van der Waals surface area (Å²) >= 11 is 12.2. The number of β-amino-alcohol motifs (C(OH)–C–C–N with tert-alkyl or cyclic N) is 1. The lowest BCUT2D eigenvalue weighted by Gasteiger charge is -2.63. The number of Topliss-reactive ketones (excluding diaryl/α,β-unsaturated/α-hetero) is 1. The third-order valence-corrected chi connectivity index (χ3v) is 13.0. The van der Waals surface area contributed by atoms with Crippen molar-refractivity contribution in [2.24, 2.45) is 16.2 Å². The maximum absolute atomic E-state index is 13.9. The van der Waals surface area contributed by atoms with Gasteiger partial charge in [0.25, 0.3) is 5.91 Å². The molecule has 344 valence electrons. The van der Waals surface area contributed by atoms with Crippen molar-refractivity contribution in [1.29, 1.82) is 5.26 Å². The predicted octanol–water partition coefficient (Wildman–Crippen LogP) is 8.23. The van der Waals surface area contributed by atoms with Crippen molar-refractivity contribution in [1.82, 2.24) is 15.5 Å². The molecule has 0 spiro atoms. The summed E-state index contributed by atoms with van der Waals surface area (Å²) in [7, 11) is 0. The second kappa shape index (κ2) is 20.4. The number of nitrogens with one attached hydrogen (secondary N) is 2. The van der Waals surface area contributed by atoms with Gasteiger partial charge in [-0.25, -0.2) is 0 Å². The number of aryl methyl sites for hydroxylation is 1. The van der Waals surface area contributed by atoms with Crippen LogP contribution in [-0.2, 0) is 25.5 Å². The van der Waals surface area contributed by atoms with Crippen LogP contribution < -0.4 is 20.1 Å². The van der Waals surface area contributed by atoms with Gasteiger partial charge in [0.05, 0.1) is 29.3 Å². The standard InChI is InChI=1S/C51H58Cl2N4O8/c1-49(2,3)44(46(62)57-29-37(58)26-41(57)42(59)23-10-31-8-18-36(52)19-9-31)55-43(60)30-63-24-25-64-38-20-15-33(16-21-38)32-11-13-34(14-12-32)45(61)56-47-50(4,5)48(51(47,6)7)65-39-22-17-35(28-54)40(53)27-39/h8-9,11-22,27,37,41,44,47-48,58H,10,23-26,29-30H2,1-7H3,(H,55,60)(H,56,61)/t37-,41+,44-,47?,48?/m1/s1. The number of nitrogens with zero attached hydrogens (tertiary/aromatic N) is 2. The number of aliphatic hydroxyl groups is 1. The predicted molar refractivity (Wildman–Crippen MR) is 250 cm³/mol. The van der Waals surface area contributed by atoms with Gasteiger partial charge in [0.2, 0.25) is 11.8 Å². The number of ketones is 1. The molecule has 0 radical (unpaired) electrons. The molecule has 12 nitrogen and oxygen atoms in total. The Kier molecular flexibility index (Phi) is 15.4. The Morgan fingerprint density at radius 3 is 2.09 bits per heavy atom. The van der Waals surface area contributed by atoms with Crippen LogP contribution in [-0.4, -0.2) is 90.2 Å². The highest BCUT2D eigenvalue weighted by Gasteiger charge is 2.64. The molecule has 2 fully saturated rings. The number of hydrogen-bond acceptors (Lipinski definition) is 9. The second-order valence-corrected chi connectivity index (χ2v) is 20.0. The maximum Gasteiger partial charge on any atom is 0.251 e. The molecule has 65 heavy (non-hydrogen) atoms. The van der Waals surface area contributed by atoms with Crippen LogP contribution >= 0.6 is 23.2 Å². The number of amides is 3. The van der Waals surface area contributed by atoms with Crippen LogP contribution in [0.25, 0.3) is 11.1 Å². The SMILES string of the molecule is CC1(C)C(NC(=O)c2ccc(-c3ccc(OCCOCC(=O)N[C@H](C(=O)N4C[C@H](O)C[C@H]4C(=O)CCc4ccc(Cl)cc4)C(C)(C)C)cc3)cc2)C(C)(C)C1Oc1ccc(C#N)c(Cl)c1. The fourth-order valence-corrected chi connectivity index (χ4v) is 9.55. The molecule has 6 rings (SSSR count). The van der Waals surface area contributed by atoms with Gasteiger partial charge in [0.1, 0.15) is 42.9 Å². The van der Waals surface area contributed by atoms with E-state index in [1.54, 1.807) is 42.5 Å². The average Bonchev–Trinajstić information content (AvgIpc) is 3.67. The Bertz CT molecular complexity index is 2370. The minimum Gasteiger partial charge on any atom is -0.491 e. The van der Waals surface area contributed by atoms with E-state index in [2.05, 4.69) is 44.4 Å². The fraction of sp³-hybridized carbons (Fsp3) is 0.431. The summed E-state index contributed by atoms with van der Waals surface area (Å²) in [6.07, 6.45) is -0.233. The van der Waals surface area contributed by atoms with Gasteiger partial charge in [-0.3, -0.25) is 19.2 Å². The number of likely N-dealkylation sites (tertiary alicyclic amines) is 1. The van der Waals surface area contributed by atoms with E-state index in [0.29, 0.717) is 39.1 Å². The first-order valence-electron chi connectivity index (χ1n) is 21.8. The summed E-state index contributed by atoms with van der Waals surface area (Å²) in [5.74, 6) is -0.0594. The van der Waals surface area contributed by atoms with Gasteiger partial charge in [-0.05, 0) is 77.1 Å². The zero-order valence-corrected chi connectivity index (χ0v) is 39.5. The molecule has 0 aromatic heterocycles. The first kappa shape index (κ1) is 49.0. The summed E-state index contributed by atoms with van der Waals surface area (Å²) in [5.41, 5.74) is 2.23. The largest absolute Gasteiger partial charge is 0.491 e. The summed E-state index contributed by atoms with van der Waals surface area (Å²) < 4.78 is 17.8. The van der Waals surface area contributed by atoms with Crippen LogP contribution in [0.1, 0.15) is 82.8 Å². The number of rotatable bonds is 17. The highest BCUT2D eigenvalue weighted by molar-refractivity contribution is 6.31. The molecule has 4 aromatic rings. The Morgan fingerprint density at radius 1 is 0.877 bits per heavy atom. The van der Waals surface area contributed by atoms with Crippen LogP contribution in [0.15, 0.2) is 91.0 Å². The number of carbonyl (C=O) groups excluding carboxylic acids is 4. The molecule has 4 aromatic carbocycles. The molecule has 1 aliphatic carbocycles. The molecule has 0 bridgehead atoms. The van der Waals surface area contributed by atoms with Crippen LogP contribution in [0.5, 0.6) is 11.5 Å². The minimum absolute atomic E-state index is 0.00959. The van der Waals surface area contributed by atoms with Gasteiger partial charge in [-0.1, -0.05) is 108 Å². The average molecular weight is 926 g/mol. The van der Waals surface area contributed by atoms with Crippen molar-refractivity contribution >= 4 is 46.7 Å². The van der Waals surface area contributed by atoms with E-state index in [1.165, 1.54) is 4.90 Å². The maximum atomic E-state index is 13.9. The molecule has 14 heteroatoms. The molecule has 1 aliphatic heterocycles. The van der Waals surface area contributed by atoms with Crippen molar-refractivity contribution in [3.8, 4) is 28.7 Å². The number of ether oxygens (including phenoxy) is 3. The number of carbonyl (C=O) groups is 4. The van der Waals surface area contributed by atoms with E-state index in [4.69, 9.17) is 37.4 Å². The Balaban J connectivity index is 0.937. The molecule has 3 atom stereocenters. The number of benzene rings is 4. The molecule has 2 aliphatic rings. The van der Waals surface area contributed by atoms with E-state index in [1.807, 2.05) is 69.3 Å². The van der Waals surface area contributed by atoms with Gasteiger partial charge in [-0.15, -0.1) is 0 Å². The molecule has 1 saturated heterocycles. The van der Waals surface area contributed by atoms with Crippen LogP contribution in [0.3, 0.4) is 0 Å². The lowest BCUT2D eigenvalue weighted by molar-refractivity contribution is -0.164. The van der Waals surface area contributed by atoms with E-state index in [9.17, 15) is 29.5 Å². The molecule has 3 amide bonds. The third-order valence-electron chi connectivity index (χ3n) is 12.4. The smallest absolute Gasteiger partial charge is 0.251 e. The van der Waals surface area contributed by atoms with Crippen LogP contribution in [0.4, 0.5) is 0 Å². The normalized spacial score (nSPS) is 20.2. The highest BCUT2D eigenvalue weighted by atomic mass is 35.5. The Labute approximate surface area is 391 Å². The second-order valence-electron chi connectivity index (χ2n) is 19.2. The first-order chi connectivity index (χ1) is 30.7. The van der Waals surface area contributed by atoms with Crippen molar-refractivity contribution in [3.05, 3.63) is 118 Å². The summed E-state index contributed by atoms with van der Waals surface area (Å²) in [6, 6.07) is 27.3. The highest BCUT2D eigenvalue weighted by Crippen LogP contribution is 2.55. The molecule has 0 unspecified atom stereocenters. The summed E-state index contributed by atoms with van der Waals surface area (Å²) in [5, 5.41) is 26.7. The lowest BCUT2D eigenvalue weighted by atomic mass is 9.49. The molecule has 3 N–H and O–H groups in total. The van der Waals surface area contributed by atoms with Gasteiger partial charge in [-0.2, -0.15) is 5.26 Å². The van der Waals surface area contributed by atoms with E-state index in [-0.39, 0.29) is 63.0 Å². The fourth-order valence-electron chi connectivity index (χ4n) is 9.22. The van der Waals surface area contributed by atoms with Crippen molar-refractivity contribution in [3.63, 3.8) is 0 Å². The monoisotopic (exact) mass is 924 g/mol. The van der Waals surface area contributed by atoms with Crippen molar-refractivity contribution < 1.29 is 38.5 Å². The number of nitriles is 1. The van der Waals surface area contributed by atoms with Crippen molar-refractivity contribution in [2.45, 2.75) is 98.1 Å².